The highest BCUT2D eigenvalue weighted by Crippen LogP contribution is 2.19. The molecule has 0 saturated carbocycles. The first-order chi connectivity index (χ1) is 10.2. The van der Waals surface area contributed by atoms with Gasteiger partial charge in [0, 0.05) is 24.6 Å². The third-order valence-electron chi connectivity index (χ3n) is 3.63. The molecule has 1 saturated heterocycles. The first-order valence-corrected chi connectivity index (χ1v) is 8.71. The maximum Gasteiger partial charge on any atom is 0.191 e. The Labute approximate surface area is 131 Å². The second-order valence-electron chi connectivity index (χ2n) is 5.21. The lowest BCUT2D eigenvalue weighted by atomic mass is 10.2. The number of ether oxygens (including phenoxy) is 1. The van der Waals surface area contributed by atoms with E-state index in [2.05, 4.69) is 29.8 Å². The van der Waals surface area contributed by atoms with Crippen molar-refractivity contribution in [1.29, 1.82) is 0 Å². The Kier molecular flexibility index (Phi) is 6.23. The predicted octanol–water partition coefficient (Wildman–Crippen LogP) is 2.52. The number of aryl methyl sites for hydroxylation is 1. The number of hydrogen-bond acceptors (Lipinski definition) is 3. The van der Waals surface area contributed by atoms with Gasteiger partial charge in [-0.25, -0.2) is 4.99 Å². The third-order valence-corrected chi connectivity index (χ3v) is 4.58. The van der Waals surface area contributed by atoms with E-state index in [0.717, 1.165) is 42.3 Å². The zero-order chi connectivity index (χ0) is 15.1. The SMILES string of the molecule is CCC(CN=C(N)N1CCSCC1)Oc1ccccc1C. The highest BCUT2D eigenvalue weighted by atomic mass is 32.2. The zero-order valence-corrected chi connectivity index (χ0v) is 13.7. The molecular formula is C16H25N3OS. The van der Waals surface area contributed by atoms with Gasteiger partial charge >= 0.3 is 0 Å². The van der Waals surface area contributed by atoms with E-state index >= 15 is 0 Å². The lowest BCUT2D eigenvalue weighted by Gasteiger charge is -2.27. The first kappa shape index (κ1) is 16.0. The van der Waals surface area contributed by atoms with Gasteiger partial charge in [-0.05, 0) is 25.0 Å². The van der Waals surface area contributed by atoms with Gasteiger partial charge in [0.15, 0.2) is 5.96 Å². The summed E-state index contributed by atoms with van der Waals surface area (Å²) in [5.74, 6) is 3.86. The largest absolute Gasteiger partial charge is 0.488 e. The summed E-state index contributed by atoms with van der Waals surface area (Å²) in [7, 11) is 0. The van der Waals surface area contributed by atoms with Crippen LogP contribution in [0, 0.1) is 6.92 Å². The molecule has 2 N–H and O–H groups in total. The lowest BCUT2D eigenvalue weighted by molar-refractivity contribution is 0.204. The Bertz CT molecular complexity index is 472. The highest BCUT2D eigenvalue weighted by molar-refractivity contribution is 7.99. The van der Waals surface area contributed by atoms with Crippen LogP contribution in [0.4, 0.5) is 0 Å². The van der Waals surface area contributed by atoms with Gasteiger partial charge in [0.1, 0.15) is 11.9 Å². The Morgan fingerprint density at radius 3 is 2.76 bits per heavy atom. The molecule has 4 nitrogen and oxygen atoms in total. The van der Waals surface area contributed by atoms with Crippen molar-refractivity contribution >= 4 is 17.7 Å². The normalized spacial score (nSPS) is 17.6. The average molecular weight is 307 g/mol. The van der Waals surface area contributed by atoms with Crippen molar-refractivity contribution in [3.63, 3.8) is 0 Å². The van der Waals surface area contributed by atoms with E-state index in [9.17, 15) is 0 Å². The Hall–Kier alpha value is -1.36. The Morgan fingerprint density at radius 1 is 1.38 bits per heavy atom. The van der Waals surface area contributed by atoms with Gasteiger partial charge in [-0.1, -0.05) is 25.1 Å². The van der Waals surface area contributed by atoms with E-state index < -0.39 is 0 Å². The number of hydrogen-bond donors (Lipinski definition) is 1. The summed E-state index contributed by atoms with van der Waals surface area (Å²) in [5, 5.41) is 0. The number of benzene rings is 1. The van der Waals surface area contributed by atoms with E-state index in [1.807, 2.05) is 30.0 Å². The topological polar surface area (TPSA) is 50.8 Å². The lowest BCUT2D eigenvalue weighted by Crippen LogP contribution is -2.43. The summed E-state index contributed by atoms with van der Waals surface area (Å²) in [4.78, 5) is 6.69. The van der Waals surface area contributed by atoms with Gasteiger partial charge in [-0.3, -0.25) is 0 Å². The summed E-state index contributed by atoms with van der Waals surface area (Å²) in [6, 6.07) is 8.09. The second kappa shape index (κ2) is 8.17. The molecule has 1 fully saturated rings. The number of thioether (sulfide) groups is 1. The van der Waals surface area contributed by atoms with Crippen LogP contribution in [0.1, 0.15) is 18.9 Å². The van der Waals surface area contributed by atoms with Crippen LogP contribution < -0.4 is 10.5 Å². The molecule has 0 aliphatic carbocycles. The highest BCUT2D eigenvalue weighted by Gasteiger charge is 2.14. The van der Waals surface area contributed by atoms with Crippen LogP contribution in [0.15, 0.2) is 29.3 Å². The predicted molar refractivity (Wildman–Crippen MR) is 91.3 cm³/mol. The molecule has 0 spiro atoms. The van der Waals surface area contributed by atoms with E-state index in [4.69, 9.17) is 10.5 Å². The van der Waals surface area contributed by atoms with Gasteiger partial charge in [-0.2, -0.15) is 11.8 Å². The van der Waals surface area contributed by atoms with E-state index in [1.165, 1.54) is 0 Å². The van der Waals surface area contributed by atoms with Gasteiger partial charge in [0.2, 0.25) is 0 Å². The fourth-order valence-electron chi connectivity index (χ4n) is 2.21. The fourth-order valence-corrected chi connectivity index (χ4v) is 3.11. The molecule has 1 heterocycles. The maximum atomic E-state index is 6.09. The number of guanidine groups is 1. The minimum Gasteiger partial charge on any atom is -0.488 e. The summed E-state index contributed by atoms with van der Waals surface area (Å²) < 4.78 is 6.05. The van der Waals surface area contributed by atoms with Gasteiger partial charge < -0.3 is 15.4 Å². The van der Waals surface area contributed by atoms with Crippen LogP contribution in [0.5, 0.6) is 5.75 Å². The van der Waals surface area contributed by atoms with Crippen molar-refractivity contribution in [2.24, 2.45) is 10.7 Å². The molecule has 1 aliphatic heterocycles. The van der Waals surface area contributed by atoms with Crippen LogP contribution in [-0.4, -0.2) is 48.1 Å². The molecule has 116 valence electrons. The number of rotatable bonds is 5. The molecule has 1 aliphatic rings. The number of para-hydroxylation sites is 1. The molecular weight excluding hydrogens is 282 g/mol. The monoisotopic (exact) mass is 307 g/mol. The summed E-state index contributed by atoms with van der Waals surface area (Å²) in [6.45, 7) is 6.78. The molecule has 21 heavy (non-hydrogen) atoms. The van der Waals surface area contributed by atoms with Crippen LogP contribution in [0.25, 0.3) is 0 Å². The van der Waals surface area contributed by atoms with Crippen LogP contribution >= 0.6 is 11.8 Å². The Morgan fingerprint density at radius 2 is 2.10 bits per heavy atom. The molecule has 1 atom stereocenters. The van der Waals surface area contributed by atoms with Crippen molar-refractivity contribution in [3.8, 4) is 5.75 Å². The first-order valence-electron chi connectivity index (χ1n) is 7.55. The molecule has 0 aromatic heterocycles. The standard InChI is InChI=1S/C16H25N3OS/c1-3-14(20-15-7-5-4-6-13(15)2)12-18-16(17)19-8-10-21-11-9-19/h4-7,14H,3,8-12H2,1-2H3,(H2,17,18). The summed E-state index contributed by atoms with van der Waals surface area (Å²) in [6.07, 6.45) is 0.991. The van der Waals surface area contributed by atoms with Crippen molar-refractivity contribution < 1.29 is 4.74 Å². The van der Waals surface area contributed by atoms with Crippen LogP contribution in [-0.2, 0) is 0 Å². The van der Waals surface area contributed by atoms with Crippen LogP contribution in [0.2, 0.25) is 0 Å². The molecule has 0 bridgehead atoms. The Balaban J connectivity index is 1.91. The van der Waals surface area contributed by atoms with Crippen molar-refractivity contribution in [2.75, 3.05) is 31.1 Å². The molecule has 1 unspecified atom stereocenters. The molecule has 0 radical (unpaired) electrons. The molecule has 5 heteroatoms. The third kappa shape index (κ3) is 4.84. The van der Waals surface area contributed by atoms with Crippen molar-refractivity contribution in [2.45, 2.75) is 26.4 Å². The van der Waals surface area contributed by atoms with Crippen molar-refractivity contribution in [3.05, 3.63) is 29.8 Å². The summed E-state index contributed by atoms with van der Waals surface area (Å²) in [5.41, 5.74) is 7.24. The average Bonchev–Trinajstić information content (AvgIpc) is 2.53. The summed E-state index contributed by atoms with van der Waals surface area (Å²) >= 11 is 1.97. The maximum absolute atomic E-state index is 6.09. The fraction of sp³-hybridized carbons (Fsp3) is 0.562. The number of nitrogens with zero attached hydrogens (tertiary/aromatic N) is 2. The molecule has 0 amide bonds. The van der Waals surface area contributed by atoms with Crippen molar-refractivity contribution in [1.82, 2.24) is 4.90 Å². The second-order valence-corrected chi connectivity index (χ2v) is 6.44. The van der Waals surface area contributed by atoms with Crippen LogP contribution in [0.3, 0.4) is 0 Å². The van der Waals surface area contributed by atoms with Gasteiger partial charge in [0.25, 0.3) is 0 Å². The van der Waals surface area contributed by atoms with Gasteiger partial charge in [-0.15, -0.1) is 0 Å². The smallest absolute Gasteiger partial charge is 0.191 e. The zero-order valence-electron chi connectivity index (χ0n) is 12.9. The van der Waals surface area contributed by atoms with E-state index in [1.54, 1.807) is 0 Å². The number of aliphatic imine (C=N–C) groups is 1. The minimum atomic E-state index is 0.0730. The minimum absolute atomic E-state index is 0.0730. The van der Waals surface area contributed by atoms with Gasteiger partial charge in [0.05, 0.1) is 6.54 Å². The molecule has 1 aromatic carbocycles. The molecule has 1 aromatic rings. The quantitative estimate of drug-likeness (QED) is 0.671. The van der Waals surface area contributed by atoms with E-state index in [0.29, 0.717) is 12.5 Å². The molecule has 2 rings (SSSR count). The number of nitrogens with two attached hydrogens (primary N) is 1. The van der Waals surface area contributed by atoms with E-state index in [-0.39, 0.29) is 6.10 Å².